The molecule has 0 heterocycles. The van der Waals surface area contributed by atoms with Crippen molar-refractivity contribution in [3.8, 4) is 0 Å². The molecule has 0 radical (unpaired) electrons. The summed E-state index contributed by atoms with van der Waals surface area (Å²) < 4.78 is 5.11. The number of benzene rings is 1. The van der Waals surface area contributed by atoms with Gasteiger partial charge in [-0.25, -0.2) is 0 Å². The van der Waals surface area contributed by atoms with Crippen LogP contribution in [0.4, 0.5) is 0 Å². The van der Waals surface area contributed by atoms with Gasteiger partial charge in [0.15, 0.2) is 0 Å². The molecule has 0 saturated heterocycles. The molecule has 1 aromatic rings. The molecule has 5 nitrogen and oxygen atoms in total. The number of allylic oxidation sites excluding steroid dienone is 2. The predicted octanol–water partition coefficient (Wildman–Crippen LogP) is 3.96. The topological polar surface area (TPSA) is 87.0 Å². The Bertz CT molecular complexity index is 697. The van der Waals surface area contributed by atoms with Crippen molar-refractivity contribution < 1.29 is 24.9 Å². The SMILES string of the molecule is CC(C)OC(=O)CCC/C=C\CC1[C@@H](/C=C/C(O)CCc2ccccc2)C(O)C[C@@H]1O. The van der Waals surface area contributed by atoms with E-state index in [1.54, 1.807) is 6.08 Å². The van der Waals surface area contributed by atoms with E-state index in [1.165, 1.54) is 5.56 Å². The highest BCUT2D eigenvalue weighted by molar-refractivity contribution is 5.69. The first-order chi connectivity index (χ1) is 14.9. The molecule has 1 saturated carbocycles. The Morgan fingerprint density at radius 1 is 1.16 bits per heavy atom. The summed E-state index contributed by atoms with van der Waals surface area (Å²) >= 11 is 0. The number of rotatable bonds is 12. The quantitative estimate of drug-likeness (QED) is 0.265. The lowest BCUT2D eigenvalue weighted by molar-refractivity contribution is -0.147. The number of carbonyl (C=O) groups excluding carboxylic acids is 1. The molecular formula is C26H38O5. The standard InChI is InChI=1S/C26H38O5/c1-19(2)31-26(30)13-9-4-3-8-12-22-23(25(29)18-24(22)28)17-16-21(27)15-14-20-10-6-5-7-11-20/h3,5-8,10-11,16-17,19,21-25,27-29H,4,9,12-15,18H2,1-2H3/b8-3-,17-16+/t21?,22?,23-,24+,25?/m1/s1. The number of aryl methyl sites for hydroxylation is 1. The van der Waals surface area contributed by atoms with Crippen molar-refractivity contribution >= 4 is 5.97 Å². The van der Waals surface area contributed by atoms with Gasteiger partial charge in [-0.05, 0) is 57.4 Å². The average Bonchev–Trinajstić information content (AvgIpc) is 3.00. The van der Waals surface area contributed by atoms with E-state index in [-0.39, 0.29) is 23.9 Å². The maximum Gasteiger partial charge on any atom is 0.306 e. The van der Waals surface area contributed by atoms with Gasteiger partial charge in [0.1, 0.15) is 0 Å². The largest absolute Gasteiger partial charge is 0.463 e. The molecule has 1 fully saturated rings. The summed E-state index contributed by atoms with van der Waals surface area (Å²) in [4.78, 5) is 11.5. The van der Waals surface area contributed by atoms with Crippen LogP contribution in [0.3, 0.4) is 0 Å². The highest BCUT2D eigenvalue weighted by Crippen LogP contribution is 2.36. The van der Waals surface area contributed by atoms with Crippen molar-refractivity contribution in [1.29, 1.82) is 0 Å². The Balaban J connectivity index is 1.77. The van der Waals surface area contributed by atoms with Crippen molar-refractivity contribution in [2.75, 3.05) is 0 Å². The van der Waals surface area contributed by atoms with E-state index in [2.05, 4.69) is 0 Å². The maximum absolute atomic E-state index is 11.5. The highest BCUT2D eigenvalue weighted by Gasteiger charge is 2.39. The molecule has 172 valence electrons. The van der Waals surface area contributed by atoms with Gasteiger partial charge in [0.25, 0.3) is 0 Å². The fraction of sp³-hybridized carbons (Fsp3) is 0.577. The molecule has 31 heavy (non-hydrogen) atoms. The molecule has 1 aliphatic carbocycles. The Morgan fingerprint density at radius 2 is 1.90 bits per heavy atom. The number of ether oxygens (including phenoxy) is 1. The number of hydrogen-bond donors (Lipinski definition) is 3. The summed E-state index contributed by atoms with van der Waals surface area (Å²) in [5, 5.41) is 31.0. The summed E-state index contributed by atoms with van der Waals surface area (Å²) in [5.74, 6) is -0.421. The van der Waals surface area contributed by atoms with Crippen LogP contribution < -0.4 is 0 Å². The highest BCUT2D eigenvalue weighted by atomic mass is 16.5. The molecule has 5 heteroatoms. The fourth-order valence-corrected chi connectivity index (χ4v) is 4.08. The second kappa shape index (κ2) is 13.5. The zero-order valence-corrected chi connectivity index (χ0v) is 18.8. The van der Waals surface area contributed by atoms with Gasteiger partial charge in [-0.3, -0.25) is 4.79 Å². The molecule has 5 atom stereocenters. The van der Waals surface area contributed by atoms with Gasteiger partial charge in [0.05, 0.1) is 24.4 Å². The zero-order chi connectivity index (χ0) is 22.6. The lowest BCUT2D eigenvalue weighted by Gasteiger charge is -2.19. The van der Waals surface area contributed by atoms with Gasteiger partial charge in [0.2, 0.25) is 0 Å². The van der Waals surface area contributed by atoms with Crippen molar-refractivity contribution in [1.82, 2.24) is 0 Å². The normalized spacial score (nSPS) is 25.0. The van der Waals surface area contributed by atoms with Gasteiger partial charge < -0.3 is 20.1 Å². The Kier molecular flexibility index (Phi) is 11.0. The minimum Gasteiger partial charge on any atom is -0.463 e. The molecule has 0 aromatic heterocycles. The van der Waals surface area contributed by atoms with Crippen LogP contribution in [-0.2, 0) is 16.0 Å². The summed E-state index contributed by atoms with van der Waals surface area (Å²) in [6.45, 7) is 3.68. The van der Waals surface area contributed by atoms with Crippen LogP contribution in [0.5, 0.6) is 0 Å². The first kappa shape index (κ1) is 25.3. The number of esters is 1. The van der Waals surface area contributed by atoms with Crippen molar-refractivity contribution in [3.63, 3.8) is 0 Å². The third kappa shape index (κ3) is 9.38. The van der Waals surface area contributed by atoms with E-state index in [4.69, 9.17) is 4.74 Å². The predicted molar refractivity (Wildman–Crippen MR) is 122 cm³/mol. The Morgan fingerprint density at radius 3 is 2.61 bits per heavy atom. The van der Waals surface area contributed by atoms with E-state index >= 15 is 0 Å². The Labute approximate surface area is 186 Å². The van der Waals surface area contributed by atoms with E-state index in [9.17, 15) is 20.1 Å². The van der Waals surface area contributed by atoms with Gasteiger partial charge in [-0.2, -0.15) is 0 Å². The lowest BCUT2D eigenvalue weighted by Crippen LogP contribution is -2.20. The molecule has 3 unspecified atom stereocenters. The number of hydrogen-bond acceptors (Lipinski definition) is 5. The first-order valence-electron chi connectivity index (χ1n) is 11.5. The van der Waals surface area contributed by atoms with Crippen LogP contribution in [0.15, 0.2) is 54.6 Å². The number of carbonyl (C=O) groups is 1. The number of aliphatic hydroxyl groups excluding tert-OH is 3. The van der Waals surface area contributed by atoms with Crippen LogP contribution in [0.1, 0.15) is 57.9 Å². The summed E-state index contributed by atoms with van der Waals surface area (Å²) in [7, 11) is 0. The van der Waals surface area contributed by atoms with E-state index < -0.39 is 18.3 Å². The van der Waals surface area contributed by atoms with E-state index in [0.29, 0.717) is 25.7 Å². The summed E-state index contributed by atoms with van der Waals surface area (Å²) in [6.07, 6.45) is 10.2. The summed E-state index contributed by atoms with van der Waals surface area (Å²) in [5.41, 5.74) is 1.19. The van der Waals surface area contributed by atoms with Crippen LogP contribution in [0, 0.1) is 11.8 Å². The molecule has 1 aromatic carbocycles. The molecule has 0 bridgehead atoms. The van der Waals surface area contributed by atoms with Crippen molar-refractivity contribution in [2.24, 2.45) is 11.8 Å². The minimum absolute atomic E-state index is 0.0743. The monoisotopic (exact) mass is 430 g/mol. The third-order valence-corrected chi connectivity index (χ3v) is 5.74. The first-order valence-corrected chi connectivity index (χ1v) is 11.5. The molecule has 0 aliphatic heterocycles. The van der Waals surface area contributed by atoms with Gasteiger partial charge in [-0.1, -0.05) is 54.6 Å². The maximum atomic E-state index is 11.5. The fourth-order valence-electron chi connectivity index (χ4n) is 4.08. The van der Waals surface area contributed by atoms with Crippen molar-refractivity contribution in [3.05, 3.63) is 60.2 Å². The third-order valence-electron chi connectivity index (χ3n) is 5.74. The molecule has 3 N–H and O–H groups in total. The molecule has 2 rings (SSSR count). The number of aliphatic hydroxyl groups is 3. The second-order valence-electron chi connectivity index (χ2n) is 8.73. The lowest BCUT2D eigenvalue weighted by atomic mass is 9.89. The van der Waals surface area contributed by atoms with E-state index in [1.807, 2.05) is 62.4 Å². The van der Waals surface area contributed by atoms with E-state index in [0.717, 1.165) is 19.3 Å². The van der Waals surface area contributed by atoms with Crippen LogP contribution in [-0.4, -0.2) is 45.7 Å². The summed E-state index contributed by atoms with van der Waals surface area (Å²) in [6, 6.07) is 10.0. The minimum atomic E-state index is -0.600. The van der Waals surface area contributed by atoms with Gasteiger partial charge in [0, 0.05) is 18.8 Å². The zero-order valence-electron chi connectivity index (χ0n) is 18.8. The van der Waals surface area contributed by atoms with Crippen LogP contribution in [0.25, 0.3) is 0 Å². The number of unbranched alkanes of at least 4 members (excludes halogenated alkanes) is 1. The van der Waals surface area contributed by atoms with Gasteiger partial charge in [-0.15, -0.1) is 0 Å². The van der Waals surface area contributed by atoms with Gasteiger partial charge >= 0.3 is 5.97 Å². The second-order valence-corrected chi connectivity index (χ2v) is 8.73. The smallest absolute Gasteiger partial charge is 0.306 e. The molecule has 0 amide bonds. The Hall–Kier alpha value is -1.95. The van der Waals surface area contributed by atoms with Crippen LogP contribution >= 0.6 is 0 Å². The van der Waals surface area contributed by atoms with Crippen molar-refractivity contribution in [2.45, 2.75) is 83.2 Å². The average molecular weight is 431 g/mol. The van der Waals surface area contributed by atoms with Crippen LogP contribution in [0.2, 0.25) is 0 Å². The molecule has 1 aliphatic rings. The molecular weight excluding hydrogens is 392 g/mol. The molecule has 0 spiro atoms.